The highest BCUT2D eigenvalue weighted by atomic mass is 32.2. The third-order valence-electron chi connectivity index (χ3n) is 5.77. The molecule has 1 saturated heterocycles. The van der Waals surface area contributed by atoms with Crippen molar-refractivity contribution in [3.8, 4) is 0 Å². The number of anilines is 3. The van der Waals surface area contributed by atoms with Crippen LogP contribution in [0, 0.1) is 5.82 Å². The van der Waals surface area contributed by atoms with Crippen LogP contribution in [-0.4, -0.2) is 43.7 Å². The number of nitrogens with zero attached hydrogens (tertiary/aromatic N) is 3. The van der Waals surface area contributed by atoms with Crippen LogP contribution in [0.4, 0.5) is 48.1 Å². The molecule has 1 atom stereocenters. The van der Waals surface area contributed by atoms with Crippen molar-refractivity contribution in [3.63, 3.8) is 0 Å². The lowest BCUT2D eigenvalue weighted by Gasteiger charge is -2.37. The Hall–Kier alpha value is -3.66. The molecule has 1 fully saturated rings. The number of halogens is 7. The number of rotatable bonds is 7. The molecule has 210 valence electrons. The lowest BCUT2D eigenvalue weighted by molar-refractivity contribution is -0.137. The Kier molecular flexibility index (Phi) is 7.88. The summed E-state index contributed by atoms with van der Waals surface area (Å²) < 4.78 is 121. The number of nitrogens with one attached hydrogen (secondary N) is 2. The fraction of sp³-hybridized carbons (Fsp3) is 0.304. The highest BCUT2D eigenvalue weighted by Gasteiger charge is 2.46. The summed E-state index contributed by atoms with van der Waals surface area (Å²) in [4.78, 5) is 9.47. The van der Waals surface area contributed by atoms with E-state index in [1.165, 1.54) is 29.0 Å². The second-order valence-corrected chi connectivity index (χ2v) is 10.0. The molecule has 0 bridgehead atoms. The minimum atomic E-state index is -5.57. The fourth-order valence-corrected chi connectivity index (χ4v) is 4.36. The van der Waals surface area contributed by atoms with E-state index < -0.39 is 39.1 Å². The van der Waals surface area contributed by atoms with Crippen molar-refractivity contribution in [3.05, 3.63) is 77.4 Å². The molecule has 1 unspecified atom stereocenters. The van der Waals surface area contributed by atoms with Crippen LogP contribution in [0.3, 0.4) is 0 Å². The normalized spacial score (nSPS) is 16.7. The molecule has 0 aliphatic carbocycles. The summed E-state index contributed by atoms with van der Waals surface area (Å²) in [6.07, 6.45) is -3.40. The van der Waals surface area contributed by atoms with Gasteiger partial charge in [0.25, 0.3) is 0 Å². The second kappa shape index (κ2) is 10.8. The zero-order valence-electron chi connectivity index (χ0n) is 19.7. The van der Waals surface area contributed by atoms with Crippen LogP contribution in [0.15, 0.2) is 54.9 Å². The van der Waals surface area contributed by atoms with Crippen LogP contribution in [0.5, 0.6) is 0 Å². The van der Waals surface area contributed by atoms with Crippen LogP contribution in [0.2, 0.25) is 0 Å². The van der Waals surface area contributed by atoms with E-state index in [1.54, 1.807) is 4.90 Å². The van der Waals surface area contributed by atoms with Gasteiger partial charge in [0.15, 0.2) is 11.6 Å². The molecule has 2 N–H and O–H groups in total. The molecule has 39 heavy (non-hydrogen) atoms. The quantitative estimate of drug-likeness (QED) is 0.377. The maximum atomic E-state index is 15.4. The van der Waals surface area contributed by atoms with Gasteiger partial charge >= 0.3 is 21.7 Å². The highest BCUT2D eigenvalue weighted by molar-refractivity contribution is 7.93. The largest absolute Gasteiger partial charge is 0.516 e. The van der Waals surface area contributed by atoms with Crippen molar-refractivity contribution in [1.29, 1.82) is 0 Å². The summed E-state index contributed by atoms with van der Waals surface area (Å²) in [7, 11) is -5.57. The van der Waals surface area contributed by atoms with E-state index in [1.807, 2.05) is 0 Å². The number of aromatic nitrogens is 2. The van der Waals surface area contributed by atoms with Crippen molar-refractivity contribution in [2.24, 2.45) is 0 Å². The first-order valence-corrected chi connectivity index (χ1v) is 12.7. The Balaban J connectivity index is 1.48. The van der Waals surface area contributed by atoms with Gasteiger partial charge in [-0.1, -0.05) is 24.3 Å². The molecular weight excluding hydrogens is 559 g/mol. The van der Waals surface area contributed by atoms with E-state index in [2.05, 4.69) is 15.3 Å². The Morgan fingerprint density at radius 3 is 2.26 bits per heavy atom. The van der Waals surface area contributed by atoms with Gasteiger partial charge in [-0.25, -0.2) is 9.97 Å². The predicted octanol–water partition coefficient (Wildman–Crippen LogP) is 5.09. The number of hydrogen-bond acceptors (Lipinski definition) is 7. The van der Waals surface area contributed by atoms with Gasteiger partial charge < -0.3 is 15.0 Å². The summed E-state index contributed by atoms with van der Waals surface area (Å²) in [6, 6.07) is 8.75. The molecule has 0 spiro atoms. The summed E-state index contributed by atoms with van der Waals surface area (Å²) in [5, 5.41) is 2.75. The van der Waals surface area contributed by atoms with E-state index in [-0.39, 0.29) is 43.6 Å². The Bertz CT molecular complexity index is 1400. The summed E-state index contributed by atoms with van der Waals surface area (Å²) >= 11 is 0. The number of hydrogen-bond donors (Lipinski definition) is 2. The van der Waals surface area contributed by atoms with Crippen molar-refractivity contribution >= 4 is 27.3 Å². The van der Waals surface area contributed by atoms with E-state index >= 15 is 4.39 Å². The smallest absolute Gasteiger partial charge is 0.377 e. The number of alkyl halides is 6. The van der Waals surface area contributed by atoms with E-state index in [9.17, 15) is 34.8 Å². The van der Waals surface area contributed by atoms with Gasteiger partial charge in [0.05, 0.1) is 24.8 Å². The van der Waals surface area contributed by atoms with Crippen LogP contribution >= 0.6 is 0 Å². The van der Waals surface area contributed by atoms with Crippen LogP contribution in [0.1, 0.15) is 22.7 Å². The SMILES string of the molecule is O=S(=O)(Nc1ccc(CNc2ncnc(N3CCOCC3c3ccc(C(F)(F)F)cc3)c2F)cc1)C(F)(F)F. The monoisotopic (exact) mass is 579 g/mol. The molecule has 3 aromatic rings. The molecular formula is C23H20F7N5O3S. The zero-order chi connectivity index (χ0) is 28.4. The van der Waals surface area contributed by atoms with Gasteiger partial charge in [-0.15, -0.1) is 0 Å². The molecule has 1 aliphatic rings. The Labute approximate surface area is 217 Å². The summed E-state index contributed by atoms with van der Waals surface area (Å²) in [5.74, 6) is -1.12. The van der Waals surface area contributed by atoms with E-state index in [0.717, 1.165) is 30.6 Å². The Morgan fingerprint density at radius 2 is 1.64 bits per heavy atom. The topological polar surface area (TPSA) is 96.5 Å². The van der Waals surface area contributed by atoms with Gasteiger partial charge in [0.2, 0.25) is 5.82 Å². The van der Waals surface area contributed by atoms with Gasteiger partial charge in [0.1, 0.15) is 6.33 Å². The fourth-order valence-electron chi connectivity index (χ4n) is 3.80. The van der Waals surface area contributed by atoms with Crippen molar-refractivity contribution in [2.45, 2.75) is 24.3 Å². The third kappa shape index (κ3) is 6.50. The van der Waals surface area contributed by atoms with Gasteiger partial charge in [-0.3, -0.25) is 4.72 Å². The van der Waals surface area contributed by atoms with Crippen LogP contribution < -0.4 is 14.9 Å². The number of benzene rings is 2. The maximum absolute atomic E-state index is 15.4. The first kappa shape index (κ1) is 28.4. The van der Waals surface area contributed by atoms with E-state index in [0.29, 0.717) is 11.1 Å². The van der Waals surface area contributed by atoms with Crippen LogP contribution in [-0.2, 0) is 27.5 Å². The lowest BCUT2D eigenvalue weighted by atomic mass is 10.0. The first-order chi connectivity index (χ1) is 18.3. The molecule has 0 amide bonds. The minimum absolute atomic E-state index is 0.0227. The van der Waals surface area contributed by atoms with Crippen molar-refractivity contribution < 1.29 is 43.9 Å². The second-order valence-electron chi connectivity index (χ2n) is 8.37. The van der Waals surface area contributed by atoms with Gasteiger partial charge in [-0.05, 0) is 35.4 Å². The molecule has 1 aromatic heterocycles. The number of sulfonamides is 1. The average molecular weight is 579 g/mol. The van der Waals surface area contributed by atoms with Crippen LogP contribution in [0.25, 0.3) is 0 Å². The molecule has 2 aromatic carbocycles. The number of ether oxygens (including phenoxy) is 1. The summed E-state index contributed by atoms with van der Waals surface area (Å²) in [5.41, 5.74) is -5.66. The molecule has 0 radical (unpaired) electrons. The molecule has 8 nitrogen and oxygen atoms in total. The molecule has 0 saturated carbocycles. The minimum Gasteiger partial charge on any atom is -0.377 e. The first-order valence-electron chi connectivity index (χ1n) is 11.2. The van der Waals surface area contributed by atoms with E-state index in [4.69, 9.17) is 4.74 Å². The Morgan fingerprint density at radius 1 is 0.974 bits per heavy atom. The third-order valence-corrected chi connectivity index (χ3v) is 6.88. The number of morpholine rings is 1. The summed E-state index contributed by atoms with van der Waals surface area (Å²) in [6.45, 7) is 0.495. The van der Waals surface area contributed by atoms with Gasteiger partial charge in [-0.2, -0.15) is 39.2 Å². The molecule has 16 heteroatoms. The predicted molar refractivity (Wildman–Crippen MR) is 127 cm³/mol. The zero-order valence-corrected chi connectivity index (χ0v) is 20.5. The van der Waals surface area contributed by atoms with Gasteiger partial charge in [0, 0.05) is 18.8 Å². The van der Waals surface area contributed by atoms with Crippen molar-refractivity contribution in [1.82, 2.24) is 9.97 Å². The molecule has 4 rings (SSSR count). The molecule has 2 heterocycles. The maximum Gasteiger partial charge on any atom is 0.516 e. The molecule has 1 aliphatic heterocycles. The van der Waals surface area contributed by atoms with Crippen molar-refractivity contribution in [2.75, 3.05) is 34.7 Å². The average Bonchev–Trinajstić information content (AvgIpc) is 2.88. The lowest BCUT2D eigenvalue weighted by Crippen LogP contribution is -2.40. The highest BCUT2D eigenvalue weighted by Crippen LogP contribution is 2.34. The standard InChI is InChI=1S/C23H20F7N5O3S/c24-19-20(31-11-14-1-7-17(8-2-14)34-39(36,37)23(28,29)30)32-13-33-21(19)35-9-10-38-12-18(35)15-3-5-16(6-4-15)22(25,26)27/h1-8,13,18,34H,9-12H2,(H,31,32,33).